The average Bonchev–Trinajstić information content (AvgIpc) is 2.94. The summed E-state index contributed by atoms with van der Waals surface area (Å²) in [7, 11) is 0. The molecule has 1 aliphatic carbocycles. The van der Waals surface area contributed by atoms with Crippen molar-refractivity contribution in [3.8, 4) is 0 Å². The van der Waals surface area contributed by atoms with E-state index in [2.05, 4.69) is 84.5 Å². The molecule has 1 heterocycles. The molecule has 2 unspecified atom stereocenters. The molecule has 3 nitrogen and oxygen atoms in total. The van der Waals surface area contributed by atoms with Gasteiger partial charge in [-0.2, -0.15) is 0 Å². The van der Waals surface area contributed by atoms with Gasteiger partial charge in [-0.1, -0.05) is 56.1 Å². The third kappa shape index (κ3) is 4.83. The van der Waals surface area contributed by atoms with Gasteiger partial charge in [-0.25, -0.2) is 0 Å². The van der Waals surface area contributed by atoms with Crippen LogP contribution in [0.5, 0.6) is 0 Å². The predicted molar refractivity (Wildman–Crippen MR) is 117 cm³/mol. The van der Waals surface area contributed by atoms with Crippen LogP contribution in [0.15, 0.2) is 51.4 Å². The second kappa shape index (κ2) is 9.19. The first-order chi connectivity index (χ1) is 13.2. The third-order valence-corrected chi connectivity index (χ3v) is 6.49. The quantitative estimate of drug-likeness (QED) is 0.642. The molecule has 4 rings (SSSR count). The SMILES string of the molecule is Brc1cc(Br)cc(COC2CCc3ccccc3C2N2CCCNCC2)c1. The monoisotopic (exact) mass is 492 g/mol. The highest BCUT2D eigenvalue weighted by Gasteiger charge is 2.34. The van der Waals surface area contributed by atoms with E-state index in [1.54, 1.807) is 0 Å². The highest BCUT2D eigenvalue weighted by Crippen LogP contribution is 2.37. The summed E-state index contributed by atoms with van der Waals surface area (Å²) in [4.78, 5) is 2.64. The van der Waals surface area contributed by atoms with Crippen molar-refractivity contribution < 1.29 is 4.74 Å². The van der Waals surface area contributed by atoms with E-state index < -0.39 is 0 Å². The molecular weight excluding hydrogens is 468 g/mol. The van der Waals surface area contributed by atoms with Crippen molar-refractivity contribution in [2.45, 2.75) is 38.0 Å². The van der Waals surface area contributed by atoms with Crippen molar-refractivity contribution in [2.24, 2.45) is 0 Å². The van der Waals surface area contributed by atoms with Crippen LogP contribution in [-0.4, -0.2) is 37.2 Å². The number of aryl methyl sites for hydroxylation is 1. The van der Waals surface area contributed by atoms with Crippen LogP contribution in [0, 0.1) is 0 Å². The van der Waals surface area contributed by atoms with Gasteiger partial charge in [0, 0.05) is 28.6 Å². The molecule has 0 radical (unpaired) electrons. The molecule has 144 valence electrons. The molecule has 0 spiro atoms. The van der Waals surface area contributed by atoms with Crippen molar-refractivity contribution in [2.75, 3.05) is 26.2 Å². The van der Waals surface area contributed by atoms with Crippen LogP contribution in [0.25, 0.3) is 0 Å². The Bertz CT molecular complexity index is 754. The van der Waals surface area contributed by atoms with Gasteiger partial charge in [0.05, 0.1) is 18.8 Å². The van der Waals surface area contributed by atoms with Gasteiger partial charge in [0.2, 0.25) is 0 Å². The van der Waals surface area contributed by atoms with Crippen molar-refractivity contribution in [3.05, 3.63) is 68.1 Å². The number of ether oxygens (including phenoxy) is 1. The Labute approximate surface area is 178 Å². The molecule has 0 saturated carbocycles. The molecule has 2 aliphatic rings. The normalized spacial score (nSPS) is 23.6. The summed E-state index contributed by atoms with van der Waals surface area (Å²) in [6.45, 7) is 5.04. The standard InChI is InChI=1S/C22H26Br2N2O/c23-18-12-16(13-19(24)14-18)15-27-21-7-6-17-4-1-2-5-20(17)22(21)26-10-3-8-25-9-11-26/h1-2,4-5,12-14,21-22,25H,3,6-11,15H2. The highest BCUT2D eigenvalue weighted by atomic mass is 79.9. The maximum absolute atomic E-state index is 6.54. The number of hydrogen-bond acceptors (Lipinski definition) is 3. The maximum Gasteiger partial charge on any atom is 0.0779 e. The molecule has 1 saturated heterocycles. The minimum atomic E-state index is 0.232. The fourth-order valence-corrected chi connectivity index (χ4v) is 5.74. The van der Waals surface area contributed by atoms with Crippen LogP contribution in [0.3, 0.4) is 0 Å². The van der Waals surface area contributed by atoms with Gasteiger partial charge < -0.3 is 10.1 Å². The van der Waals surface area contributed by atoms with Gasteiger partial charge >= 0.3 is 0 Å². The van der Waals surface area contributed by atoms with Gasteiger partial charge in [0.1, 0.15) is 0 Å². The van der Waals surface area contributed by atoms with Crippen LogP contribution in [0.2, 0.25) is 0 Å². The molecule has 0 bridgehead atoms. The smallest absolute Gasteiger partial charge is 0.0779 e. The lowest BCUT2D eigenvalue weighted by molar-refractivity contribution is -0.0336. The Kier molecular flexibility index (Phi) is 6.66. The molecule has 2 atom stereocenters. The zero-order chi connectivity index (χ0) is 18.6. The van der Waals surface area contributed by atoms with Crippen LogP contribution in [-0.2, 0) is 17.8 Å². The van der Waals surface area contributed by atoms with Crippen molar-refractivity contribution in [1.29, 1.82) is 0 Å². The molecule has 1 N–H and O–H groups in total. The van der Waals surface area contributed by atoms with Crippen molar-refractivity contribution >= 4 is 31.9 Å². The van der Waals surface area contributed by atoms with Crippen LogP contribution in [0.4, 0.5) is 0 Å². The summed E-state index contributed by atoms with van der Waals surface area (Å²) in [5.41, 5.74) is 4.15. The lowest BCUT2D eigenvalue weighted by Gasteiger charge is -2.40. The third-order valence-electron chi connectivity index (χ3n) is 5.58. The fraction of sp³-hybridized carbons (Fsp3) is 0.455. The minimum Gasteiger partial charge on any atom is -0.372 e. The number of fused-ring (bicyclic) bond motifs is 1. The Hall–Kier alpha value is -0.720. The molecule has 1 aliphatic heterocycles. The summed E-state index contributed by atoms with van der Waals surface area (Å²) in [6.07, 6.45) is 3.62. The average molecular weight is 494 g/mol. The molecule has 0 aromatic heterocycles. The first-order valence-electron chi connectivity index (χ1n) is 9.80. The minimum absolute atomic E-state index is 0.232. The zero-order valence-corrected chi connectivity index (χ0v) is 18.6. The van der Waals surface area contributed by atoms with Gasteiger partial charge in [0.15, 0.2) is 0 Å². The first kappa shape index (κ1) is 19.6. The van der Waals surface area contributed by atoms with Crippen molar-refractivity contribution in [1.82, 2.24) is 10.2 Å². The van der Waals surface area contributed by atoms with Gasteiger partial charge in [-0.3, -0.25) is 4.90 Å². The summed E-state index contributed by atoms with van der Waals surface area (Å²) < 4.78 is 8.70. The first-order valence-corrected chi connectivity index (χ1v) is 11.4. The number of rotatable bonds is 4. The lowest BCUT2D eigenvalue weighted by Crippen LogP contribution is -2.42. The largest absolute Gasteiger partial charge is 0.372 e. The molecule has 1 fully saturated rings. The van der Waals surface area contributed by atoms with E-state index >= 15 is 0 Å². The van der Waals surface area contributed by atoms with E-state index in [9.17, 15) is 0 Å². The van der Waals surface area contributed by atoms with Crippen molar-refractivity contribution in [3.63, 3.8) is 0 Å². The molecule has 5 heteroatoms. The molecule has 2 aromatic carbocycles. The fourth-order valence-electron chi connectivity index (χ4n) is 4.35. The summed E-state index contributed by atoms with van der Waals surface area (Å²) in [6, 6.07) is 15.6. The molecule has 2 aromatic rings. The number of benzene rings is 2. The number of nitrogens with zero attached hydrogens (tertiary/aromatic N) is 1. The topological polar surface area (TPSA) is 24.5 Å². The lowest BCUT2D eigenvalue weighted by atomic mass is 9.84. The van der Waals surface area contributed by atoms with E-state index in [1.165, 1.54) is 23.1 Å². The van der Waals surface area contributed by atoms with Gasteiger partial charge in [-0.05, 0) is 60.7 Å². The number of hydrogen-bond donors (Lipinski definition) is 1. The van der Waals surface area contributed by atoms with E-state index in [1.807, 2.05) is 0 Å². The second-order valence-corrected chi connectivity index (χ2v) is 9.28. The van der Waals surface area contributed by atoms with Crippen LogP contribution >= 0.6 is 31.9 Å². The number of halogens is 2. The van der Waals surface area contributed by atoms with Crippen LogP contribution in [0.1, 0.15) is 35.6 Å². The van der Waals surface area contributed by atoms with Gasteiger partial charge in [0.25, 0.3) is 0 Å². The second-order valence-electron chi connectivity index (χ2n) is 7.45. The Morgan fingerprint density at radius 2 is 1.85 bits per heavy atom. The zero-order valence-electron chi connectivity index (χ0n) is 15.5. The summed E-state index contributed by atoms with van der Waals surface area (Å²) in [5.74, 6) is 0. The Morgan fingerprint density at radius 3 is 2.70 bits per heavy atom. The highest BCUT2D eigenvalue weighted by molar-refractivity contribution is 9.11. The summed E-state index contributed by atoms with van der Waals surface area (Å²) >= 11 is 7.17. The molecule has 0 amide bonds. The molecular formula is C22H26Br2N2O. The number of nitrogens with one attached hydrogen (secondary N) is 1. The summed E-state index contributed by atoms with van der Waals surface area (Å²) in [5, 5.41) is 3.53. The van der Waals surface area contributed by atoms with Gasteiger partial charge in [-0.15, -0.1) is 0 Å². The Morgan fingerprint density at radius 1 is 1.04 bits per heavy atom. The Balaban J connectivity index is 1.56. The van der Waals surface area contributed by atoms with E-state index in [0.717, 1.165) is 48.0 Å². The van der Waals surface area contributed by atoms with Crippen LogP contribution < -0.4 is 5.32 Å². The van der Waals surface area contributed by atoms with E-state index in [0.29, 0.717) is 12.6 Å². The van der Waals surface area contributed by atoms with E-state index in [4.69, 9.17) is 4.74 Å². The van der Waals surface area contributed by atoms with E-state index in [-0.39, 0.29) is 6.10 Å². The maximum atomic E-state index is 6.54. The molecule has 27 heavy (non-hydrogen) atoms. The predicted octanol–water partition coefficient (Wildman–Crippen LogP) is 5.08.